The van der Waals surface area contributed by atoms with Gasteiger partial charge in [-0.25, -0.2) is 9.78 Å². The number of hydrogen-bond donors (Lipinski definition) is 7. The van der Waals surface area contributed by atoms with Gasteiger partial charge in [0.1, 0.15) is 18.1 Å². The zero-order chi connectivity index (χ0) is 26.5. The van der Waals surface area contributed by atoms with E-state index in [2.05, 4.69) is 25.9 Å². The predicted molar refractivity (Wildman–Crippen MR) is 131 cm³/mol. The molecular weight excluding hydrogens is 454 g/mol. The van der Waals surface area contributed by atoms with Gasteiger partial charge in [0.25, 0.3) is 0 Å². The Kier molecular flexibility index (Phi) is 13.0. The van der Waals surface area contributed by atoms with Gasteiger partial charge < -0.3 is 37.5 Å². The average molecular weight is 496 g/mol. The van der Waals surface area contributed by atoms with Crippen molar-refractivity contribution in [1.82, 2.24) is 25.9 Å². The Morgan fingerprint density at radius 3 is 2.20 bits per heavy atom. The van der Waals surface area contributed by atoms with Crippen molar-refractivity contribution in [3.63, 3.8) is 0 Å². The number of unbranched alkanes of at least 4 members (excludes halogenated alkanes) is 1. The summed E-state index contributed by atoms with van der Waals surface area (Å²) in [6.45, 7) is 7.74. The number of carboxylic acids is 1. The fourth-order valence-corrected chi connectivity index (χ4v) is 3.41. The summed E-state index contributed by atoms with van der Waals surface area (Å²) in [4.78, 5) is 57.1. The zero-order valence-electron chi connectivity index (χ0n) is 21.0. The maximum atomic E-state index is 13.1. The monoisotopic (exact) mass is 495 g/mol. The first-order valence-electron chi connectivity index (χ1n) is 12.1. The molecule has 0 aliphatic rings. The normalized spacial score (nSPS) is 15.5. The number of hydrogen-bond acceptors (Lipinski definition) is 7. The molecule has 0 saturated carbocycles. The highest BCUT2D eigenvalue weighted by Gasteiger charge is 2.32. The summed E-state index contributed by atoms with van der Waals surface area (Å²) < 4.78 is 0. The Bertz CT molecular complexity index is 815. The molecule has 3 amide bonds. The van der Waals surface area contributed by atoms with Crippen LogP contribution in [0.5, 0.6) is 0 Å². The number of carboxylic acid groups (broad SMARTS) is 1. The second kappa shape index (κ2) is 15.1. The van der Waals surface area contributed by atoms with Crippen molar-refractivity contribution < 1.29 is 24.3 Å². The molecule has 5 atom stereocenters. The summed E-state index contributed by atoms with van der Waals surface area (Å²) >= 11 is 0. The molecule has 0 aliphatic carbocycles. The Morgan fingerprint density at radius 1 is 1.03 bits per heavy atom. The molecule has 9 N–H and O–H groups in total. The summed E-state index contributed by atoms with van der Waals surface area (Å²) in [7, 11) is 0. The van der Waals surface area contributed by atoms with Gasteiger partial charge in [-0.05, 0) is 37.6 Å². The molecule has 0 saturated heterocycles. The molecule has 1 aromatic heterocycles. The quantitative estimate of drug-likeness (QED) is 0.150. The Morgan fingerprint density at radius 2 is 1.69 bits per heavy atom. The van der Waals surface area contributed by atoms with Crippen LogP contribution in [0.15, 0.2) is 12.5 Å². The van der Waals surface area contributed by atoms with Crippen molar-refractivity contribution in [3.8, 4) is 0 Å². The first-order valence-corrected chi connectivity index (χ1v) is 12.1. The first kappa shape index (κ1) is 30.0. The van der Waals surface area contributed by atoms with Gasteiger partial charge in [0.15, 0.2) is 0 Å². The van der Waals surface area contributed by atoms with Crippen LogP contribution >= 0.6 is 0 Å². The number of nitrogens with zero attached hydrogens (tertiary/aromatic N) is 1. The molecule has 12 nitrogen and oxygen atoms in total. The summed E-state index contributed by atoms with van der Waals surface area (Å²) in [5.41, 5.74) is 12.1. The largest absolute Gasteiger partial charge is 0.480 e. The summed E-state index contributed by atoms with van der Waals surface area (Å²) in [6, 6.07) is -3.90. The number of nitrogens with two attached hydrogens (primary N) is 2. The van der Waals surface area contributed by atoms with Crippen LogP contribution in [-0.2, 0) is 25.6 Å². The molecule has 35 heavy (non-hydrogen) atoms. The van der Waals surface area contributed by atoms with E-state index >= 15 is 0 Å². The minimum Gasteiger partial charge on any atom is -0.480 e. The second-order valence-electron chi connectivity index (χ2n) is 9.17. The zero-order valence-corrected chi connectivity index (χ0v) is 21.0. The molecule has 0 bridgehead atoms. The van der Waals surface area contributed by atoms with Crippen molar-refractivity contribution in [3.05, 3.63) is 18.2 Å². The molecule has 1 aromatic rings. The van der Waals surface area contributed by atoms with E-state index in [0.717, 1.165) is 0 Å². The molecule has 0 spiro atoms. The molecule has 0 fully saturated rings. The van der Waals surface area contributed by atoms with Gasteiger partial charge in [0.05, 0.1) is 12.4 Å². The Balaban J connectivity index is 2.96. The van der Waals surface area contributed by atoms with E-state index in [-0.39, 0.29) is 24.7 Å². The van der Waals surface area contributed by atoms with Gasteiger partial charge >= 0.3 is 5.97 Å². The highest BCUT2D eigenvalue weighted by molar-refractivity contribution is 5.94. The Labute approximate surface area is 206 Å². The molecule has 198 valence electrons. The van der Waals surface area contributed by atoms with Crippen LogP contribution in [0.2, 0.25) is 0 Å². The fraction of sp³-hybridized carbons (Fsp3) is 0.696. The SMILES string of the molecule is CCC(C)C(N)C(=O)NC(C(=O)NC(CCCCN)C(=O)NC(Cc1cnc[nH]1)C(=O)O)C(C)C. The summed E-state index contributed by atoms with van der Waals surface area (Å²) in [6.07, 6.45) is 5.04. The molecule has 0 aliphatic heterocycles. The summed E-state index contributed by atoms with van der Waals surface area (Å²) in [5, 5.41) is 17.4. The molecular formula is C23H41N7O5. The van der Waals surface area contributed by atoms with E-state index in [0.29, 0.717) is 31.5 Å². The number of aromatic nitrogens is 2. The lowest BCUT2D eigenvalue weighted by Gasteiger charge is -2.28. The molecule has 1 rings (SSSR count). The Hall–Kier alpha value is -2.99. The van der Waals surface area contributed by atoms with Crippen molar-refractivity contribution in [2.75, 3.05) is 6.54 Å². The molecule has 12 heteroatoms. The minimum absolute atomic E-state index is 0.00270. The molecule has 0 aromatic carbocycles. The summed E-state index contributed by atoms with van der Waals surface area (Å²) in [5.74, 6) is -3.17. The molecule has 5 unspecified atom stereocenters. The third-order valence-electron chi connectivity index (χ3n) is 5.98. The minimum atomic E-state index is -1.22. The van der Waals surface area contributed by atoms with Crippen molar-refractivity contribution in [2.24, 2.45) is 23.3 Å². The van der Waals surface area contributed by atoms with Gasteiger partial charge in [0.2, 0.25) is 17.7 Å². The lowest BCUT2D eigenvalue weighted by molar-refractivity contribution is -0.142. The highest BCUT2D eigenvalue weighted by atomic mass is 16.4. The third kappa shape index (κ3) is 10.0. The smallest absolute Gasteiger partial charge is 0.326 e. The van der Waals surface area contributed by atoms with Crippen LogP contribution < -0.4 is 27.4 Å². The van der Waals surface area contributed by atoms with E-state index in [1.165, 1.54) is 12.5 Å². The number of aromatic amines is 1. The average Bonchev–Trinajstić information content (AvgIpc) is 3.32. The number of aliphatic carboxylic acids is 1. The van der Waals surface area contributed by atoms with Crippen molar-refractivity contribution >= 4 is 23.7 Å². The van der Waals surface area contributed by atoms with E-state index in [1.54, 1.807) is 13.8 Å². The van der Waals surface area contributed by atoms with Gasteiger partial charge in [-0.1, -0.05) is 34.1 Å². The molecule has 0 radical (unpaired) electrons. The third-order valence-corrected chi connectivity index (χ3v) is 5.98. The van der Waals surface area contributed by atoms with E-state index in [1.807, 2.05) is 13.8 Å². The van der Waals surface area contributed by atoms with Crippen LogP contribution in [0.4, 0.5) is 0 Å². The number of carbonyl (C=O) groups is 4. The van der Waals surface area contributed by atoms with Gasteiger partial charge in [0, 0.05) is 18.3 Å². The number of carbonyl (C=O) groups excluding carboxylic acids is 3. The van der Waals surface area contributed by atoms with E-state index < -0.39 is 47.9 Å². The van der Waals surface area contributed by atoms with Crippen LogP contribution in [0, 0.1) is 11.8 Å². The maximum absolute atomic E-state index is 13.1. The fourth-order valence-electron chi connectivity index (χ4n) is 3.41. The van der Waals surface area contributed by atoms with Crippen molar-refractivity contribution in [1.29, 1.82) is 0 Å². The topological polar surface area (TPSA) is 205 Å². The first-order chi connectivity index (χ1) is 16.5. The van der Waals surface area contributed by atoms with Crippen LogP contribution in [0.1, 0.15) is 59.1 Å². The van der Waals surface area contributed by atoms with Crippen LogP contribution in [0.25, 0.3) is 0 Å². The number of imidazole rings is 1. The number of amides is 3. The van der Waals surface area contributed by atoms with Gasteiger partial charge in [-0.15, -0.1) is 0 Å². The molecule has 1 heterocycles. The van der Waals surface area contributed by atoms with Gasteiger partial charge in [-0.2, -0.15) is 0 Å². The lowest BCUT2D eigenvalue weighted by Crippen LogP contribution is -2.59. The van der Waals surface area contributed by atoms with E-state index in [4.69, 9.17) is 11.5 Å². The second-order valence-corrected chi connectivity index (χ2v) is 9.17. The maximum Gasteiger partial charge on any atom is 0.326 e. The van der Waals surface area contributed by atoms with E-state index in [9.17, 15) is 24.3 Å². The standard InChI is InChI=1S/C23H41N7O5/c1-5-14(4)18(25)21(32)30-19(13(2)3)22(33)28-16(8-6-7-9-24)20(31)29-17(23(34)35)10-15-11-26-12-27-15/h11-14,16-19H,5-10,24-25H2,1-4H3,(H,26,27)(H,28,33)(H,29,31)(H,30,32)(H,34,35). The number of H-pyrrole nitrogens is 1. The number of nitrogens with one attached hydrogen (secondary N) is 4. The van der Waals surface area contributed by atoms with Crippen LogP contribution in [-0.4, -0.2) is 69.5 Å². The predicted octanol–water partition coefficient (Wildman–Crippen LogP) is -0.350. The van der Waals surface area contributed by atoms with Gasteiger partial charge in [-0.3, -0.25) is 14.4 Å². The lowest BCUT2D eigenvalue weighted by atomic mass is 9.97. The van der Waals surface area contributed by atoms with Crippen molar-refractivity contribution in [2.45, 2.75) is 84.0 Å². The van der Waals surface area contributed by atoms with Crippen LogP contribution in [0.3, 0.4) is 0 Å². The number of rotatable bonds is 16. The highest BCUT2D eigenvalue weighted by Crippen LogP contribution is 2.10.